The lowest BCUT2D eigenvalue weighted by Crippen LogP contribution is -2.13. The van der Waals surface area contributed by atoms with Crippen LogP contribution in [0.2, 0.25) is 0 Å². The van der Waals surface area contributed by atoms with E-state index in [4.69, 9.17) is 0 Å². The molecule has 0 bridgehead atoms. The highest BCUT2D eigenvalue weighted by molar-refractivity contribution is 9.10. The second kappa shape index (κ2) is 6.17. The lowest BCUT2D eigenvalue weighted by atomic mass is 10.1. The fraction of sp³-hybridized carbons (Fsp3) is 0.200. The van der Waals surface area contributed by atoms with Crippen LogP contribution in [-0.4, -0.2) is 13.5 Å². The Bertz CT molecular complexity index is 757. The van der Waals surface area contributed by atoms with Gasteiger partial charge in [-0.1, -0.05) is 18.2 Å². The Morgan fingerprint density at radius 2 is 1.90 bits per heavy atom. The van der Waals surface area contributed by atoms with Crippen LogP contribution in [0.1, 0.15) is 24.2 Å². The SMILES string of the molecule is Cc1ccc(NS(=O)(=O)c2cccc(C(C)O)c2)c(Br)c1. The maximum atomic E-state index is 12.4. The molecule has 0 aromatic heterocycles. The third-order valence-electron chi connectivity index (χ3n) is 3.02. The highest BCUT2D eigenvalue weighted by Gasteiger charge is 2.16. The zero-order valence-electron chi connectivity index (χ0n) is 11.7. The van der Waals surface area contributed by atoms with Gasteiger partial charge in [0.15, 0.2) is 0 Å². The van der Waals surface area contributed by atoms with Gasteiger partial charge in [-0.2, -0.15) is 0 Å². The summed E-state index contributed by atoms with van der Waals surface area (Å²) < 4.78 is 28.0. The minimum Gasteiger partial charge on any atom is -0.389 e. The Kier molecular flexibility index (Phi) is 4.70. The maximum absolute atomic E-state index is 12.4. The van der Waals surface area contributed by atoms with Crippen molar-refractivity contribution in [2.24, 2.45) is 0 Å². The number of anilines is 1. The molecule has 6 heteroatoms. The Balaban J connectivity index is 2.36. The highest BCUT2D eigenvalue weighted by Crippen LogP contribution is 2.26. The third-order valence-corrected chi connectivity index (χ3v) is 5.04. The molecule has 0 heterocycles. The monoisotopic (exact) mass is 369 g/mol. The molecule has 2 aromatic carbocycles. The number of rotatable bonds is 4. The van der Waals surface area contributed by atoms with Crippen molar-refractivity contribution < 1.29 is 13.5 Å². The Labute approximate surface area is 133 Å². The van der Waals surface area contributed by atoms with Gasteiger partial charge >= 0.3 is 0 Å². The Hall–Kier alpha value is -1.37. The predicted molar refractivity (Wildman–Crippen MR) is 86.8 cm³/mol. The summed E-state index contributed by atoms with van der Waals surface area (Å²) in [4.78, 5) is 0.119. The smallest absolute Gasteiger partial charge is 0.261 e. The quantitative estimate of drug-likeness (QED) is 0.864. The molecule has 0 saturated carbocycles. The van der Waals surface area contributed by atoms with Crippen molar-refractivity contribution in [2.75, 3.05) is 4.72 Å². The van der Waals surface area contributed by atoms with Gasteiger partial charge in [-0.3, -0.25) is 4.72 Å². The lowest BCUT2D eigenvalue weighted by Gasteiger charge is -2.12. The number of nitrogens with one attached hydrogen (secondary N) is 1. The molecular weight excluding hydrogens is 354 g/mol. The standard InChI is InChI=1S/C15H16BrNO3S/c1-10-6-7-15(14(16)8-10)17-21(19,20)13-5-3-4-12(9-13)11(2)18/h3-9,11,17-18H,1-2H3. The number of halogens is 1. The molecule has 0 aliphatic heterocycles. The summed E-state index contributed by atoms with van der Waals surface area (Å²) in [6.45, 7) is 3.52. The molecule has 0 aliphatic rings. The van der Waals surface area contributed by atoms with E-state index in [1.807, 2.05) is 19.1 Å². The minimum absolute atomic E-state index is 0.119. The van der Waals surface area contributed by atoms with Crippen LogP contribution in [0.4, 0.5) is 5.69 Å². The van der Waals surface area contributed by atoms with Crippen molar-refractivity contribution in [3.05, 3.63) is 58.1 Å². The van der Waals surface area contributed by atoms with Crippen molar-refractivity contribution in [3.63, 3.8) is 0 Å². The molecule has 0 amide bonds. The molecule has 0 aliphatic carbocycles. The normalized spacial score (nSPS) is 13.0. The van der Waals surface area contributed by atoms with Crippen LogP contribution in [0.3, 0.4) is 0 Å². The molecule has 0 radical (unpaired) electrons. The van der Waals surface area contributed by atoms with Gasteiger partial charge in [0, 0.05) is 4.47 Å². The summed E-state index contributed by atoms with van der Waals surface area (Å²) in [5.41, 5.74) is 2.06. The van der Waals surface area contributed by atoms with Crippen molar-refractivity contribution in [1.82, 2.24) is 0 Å². The summed E-state index contributed by atoms with van der Waals surface area (Å²) in [7, 11) is -3.70. The Morgan fingerprint density at radius 1 is 1.19 bits per heavy atom. The molecule has 21 heavy (non-hydrogen) atoms. The summed E-state index contributed by atoms with van der Waals surface area (Å²) in [5, 5.41) is 9.56. The number of benzene rings is 2. The molecule has 112 valence electrons. The molecule has 0 fully saturated rings. The molecule has 0 spiro atoms. The van der Waals surface area contributed by atoms with Crippen LogP contribution in [0.5, 0.6) is 0 Å². The van der Waals surface area contributed by atoms with Gasteiger partial charge < -0.3 is 5.11 Å². The van der Waals surface area contributed by atoms with E-state index in [1.54, 1.807) is 25.1 Å². The predicted octanol–water partition coefficient (Wildman–Crippen LogP) is 3.61. The van der Waals surface area contributed by atoms with Crippen molar-refractivity contribution in [2.45, 2.75) is 24.8 Å². The minimum atomic E-state index is -3.70. The number of aryl methyl sites for hydroxylation is 1. The maximum Gasteiger partial charge on any atom is 0.261 e. The van der Waals surface area contributed by atoms with Crippen LogP contribution in [0.25, 0.3) is 0 Å². The molecule has 0 saturated heterocycles. The third kappa shape index (κ3) is 3.84. The Morgan fingerprint density at radius 3 is 2.52 bits per heavy atom. The fourth-order valence-corrected chi connectivity index (χ4v) is 3.71. The molecular formula is C15H16BrNO3S. The van der Waals surface area contributed by atoms with Gasteiger partial charge in [0.1, 0.15) is 0 Å². The number of hydrogen-bond donors (Lipinski definition) is 2. The first kappa shape index (κ1) is 16.0. The van der Waals surface area contributed by atoms with Crippen molar-refractivity contribution >= 4 is 31.6 Å². The topological polar surface area (TPSA) is 66.4 Å². The van der Waals surface area contributed by atoms with Crippen molar-refractivity contribution in [1.29, 1.82) is 0 Å². The summed E-state index contributed by atoms with van der Waals surface area (Å²) in [6, 6.07) is 11.6. The fourth-order valence-electron chi connectivity index (χ4n) is 1.85. The second-order valence-electron chi connectivity index (χ2n) is 4.84. The van der Waals surface area contributed by atoms with E-state index >= 15 is 0 Å². The average molecular weight is 370 g/mol. The highest BCUT2D eigenvalue weighted by atomic mass is 79.9. The molecule has 4 nitrogen and oxygen atoms in total. The van der Waals surface area contributed by atoms with E-state index in [-0.39, 0.29) is 4.90 Å². The first-order chi connectivity index (χ1) is 9.79. The lowest BCUT2D eigenvalue weighted by molar-refractivity contribution is 0.199. The molecule has 1 atom stereocenters. The van der Waals surface area contributed by atoms with E-state index in [0.29, 0.717) is 15.7 Å². The van der Waals surface area contributed by atoms with Crippen LogP contribution >= 0.6 is 15.9 Å². The van der Waals surface area contributed by atoms with Crippen LogP contribution in [-0.2, 0) is 10.0 Å². The molecule has 2 rings (SSSR count). The van der Waals surface area contributed by atoms with Gasteiger partial charge in [0.05, 0.1) is 16.7 Å². The van der Waals surface area contributed by atoms with Gasteiger partial charge in [0.2, 0.25) is 0 Å². The van der Waals surface area contributed by atoms with E-state index in [9.17, 15) is 13.5 Å². The molecule has 2 N–H and O–H groups in total. The summed E-state index contributed by atoms with van der Waals surface area (Å²) in [6.07, 6.45) is -0.716. The average Bonchev–Trinajstić information content (AvgIpc) is 2.42. The second-order valence-corrected chi connectivity index (χ2v) is 7.37. The first-order valence-corrected chi connectivity index (χ1v) is 8.64. The van der Waals surface area contributed by atoms with E-state index in [0.717, 1.165) is 5.56 Å². The number of hydrogen-bond acceptors (Lipinski definition) is 3. The first-order valence-electron chi connectivity index (χ1n) is 6.36. The van der Waals surface area contributed by atoms with Crippen LogP contribution in [0, 0.1) is 6.92 Å². The van der Waals surface area contributed by atoms with E-state index in [2.05, 4.69) is 20.7 Å². The van der Waals surface area contributed by atoms with E-state index in [1.165, 1.54) is 12.1 Å². The zero-order chi connectivity index (χ0) is 15.6. The summed E-state index contributed by atoms with van der Waals surface area (Å²) >= 11 is 3.34. The number of aliphatic hydroxyl groups excluding tert-OH is 1. The van der Waals surface area contributed by atoms with Gasteiger partial charge in [0.25, 0.3) is 10.0 Å². The van der Waals surface area contributed by atoms with Crippen LogP contribution < -0.4 is 4.72 Å². The van der Waals surface area contributed by atoms with Crippen molar-refractivity contribution in [3.8, 4) is 0 Å². The zero-order valence-corrected chi connectivity index (χ0v) is 14.1. The van der Waals surface area contributed by atoms with Gasteiger partial charge in [-0.15, -0.1) is 0 Å². The van der Waals surface area contributed by atoms with Crippen LogP contribution in [0.15, 0.2) is 51.8 Å². The van der Waals surface area contributed by atoms with E-state index < -0.39 is 16.1 Å². The number of sulfonamides is 1. The molecule has 2 aromatic rings. The molecule has 1 unspecified atom stereocenters. The van der Waals surface area contributed by atoms with Gasteiger partial charge in [-0.25, -0.2) is 8.42 Å². The van der Waals surface area contributed by atoms with Gasteiger partial charge in [-0.05, 0) is 65.2 Å². The summed E-state index contributed by atoms with van der Waals surface area (Å²) in [5.74, 6) is 0. The number of aliphatic hydroxyl groups is 1. The largest absolute Gasteiger partial charge is 0.389 e.